The van der Waals surface area contributed by atoms with Crippen molar-refractivity contribution >= 4 is 5.96 Å². The Bertz CT molecular complexity index is 550. The molecule has 2 N–H and O–H groups in total. The first-order valence-corrected chi connectivity index (χ1v) is 10.2. The van der Waals surface area contributed by atoms with Crippen LogP contribution in [-0.4, -0.2) is 55.2 Å². The minimum absolute atomic E-state index is 0.620. The zero-order chi connectivity index (χ0) is 18.0. The lowest BCUT2D eigenvalue weighted by molar-refractivity contribution is 0.232. The van der Waals surface area contributed by atoms with Crippen LogP contribution in [0.15, 0.2) is 23.3 Å². The Morgan fingerprint density at radius 3 is 2.77 bits per heavy atom. The SMILES string of the molecule is CCNC(=NCc1ccc(OCC2CC2)nc1)NCCN1CCCCC1. The highest BCUT2D eigenvalue weighted by Gasteiger charge is 2.22. The van der Waals surface area contributed by atoms with E-state index in [0.717, 1.165) is 49.6 Å². The van der Waals surface area contributed by atoms with Crippen molar-refractivity contribution in [2.45, 2.75) is 45.6 Å². The summed E-state index contributed by atoms with van der Waals surface area (Å²) in [5.41, 5.74) is 1.09. The fraction of sp³-hybridized carbons (Fsp3) is 0.700. The molecule has 144 valence electrons. The van der Waals surface area contributed by atoms with E-state index in [2.05, 4.69) is 38.5 Å². The summed E-state index contributed by atoms with van der Waals surface area (Å²) < 4.78 is 5.68. The quantitative estimate of drug-likeness (QED) is 0.524. The number of rotatable bonds is 9. The maximum atomic E-state index is 5.68. The van der Waals surface area contributed by atoms with Gasteiger partial charge in [-0.1, -0.05) is 12.5 Å². The maximum Gasteiger partial charge on any atom is 0.213 e. The van der Waals surface area contributed by atoms with Gasteiger partial charge in [-0.15, -0.1) is 0 Å². The van der Waals surface area contributed by atoms with Crippen LogP contribution in [0.3, 0.4) is 0 Å². The van der Waals surface area contributed by atoms with Gasteiger partial charge in [0.25, 0.3) is 0 Å². The Kier molecular flexibility index (Phi) is 7.55. The number of nitrogens with zero attached hydrogens (tertiary/aromatic N) is 3. The molecular weight excluding hydrogens is 326 g/mol. The van der Waals surface area contributed by atoms with Crippen LogP contribution in [0.5, 0.6) is 5.88 Å². The lowest BCUT2D eigenvalue weighted by atomic mass is 10.1. The molecular formula is C20H33N5O. The molecule has 6 heteroatoms. The van der Waals surface area contributed by atoms with Crippen LogP contribution in [0.1, 0.15) is 44.6 Å². The normalized spacial score (nSPS) is 18.6. The molecule has 0 amide bonds. The summed E-state index contributed by atoms with van der Waals surface area (Å²) in [6, 6.07) is 4.00. The average molecular weight is 360 g/mol. The van der Waals surface area contributed by atoms with E-state index in [1.165, 1.54) is 45.2 Å². The van der Waals surface area contributed by atoms with Gasteiger partial charge in [0.1, 0.15) is 0 Å². The van der Waals surface area contributed by atoms with E-state index in [1.54, 1.807) is 0 Å². The van der Waals surface area contributed by atoms with Crippen molar-refractivity contribution in [1.82, 2.24) is 20.5 Å². The Morgan fingerprint density at radius 2 is 2.08 bits per heavy atom. The number of ether oxygens (including phenoxy) is 1. The molecule has 2 fully saturated rings. The van der Waals surface area contributed by atoms with Gasteiger partial charge in [0, 0.05) is 31.9 Å². The molecule has 1 saturated carbocycles. The summed E-state index contributed by atoms with van der Waals surface area (Å²) in [4.78, 5) is 11.6. The van der Waals surface area contributed by atoms with Crippen molar-refractivity contribution in [3.63, 3.8) is 0 Å². The van der Waals surface area contributed by atoms with E-state index >= 15 is 0 Å². The zero-order valence-corrected chi connectivity index (χ0v) is 16.0. The number of aliphatic imine (C=N–C) groups is 1. The standard InChI is InChI=1S/C20H33N5O/c1-2-21-20(22-10-13-25-11-4-3-5-12-25)24-15-18-8-9-19(23-14-18)26-16-17-6-7-17/h8-9,14,17H,2-7,10-13,15-16H2,1H3,(H2,21,22,24). The fourth-order valence-corrected chi connectivity index (χ4v) is 3.11. The summed E-state index contributed by atoms with van der Waals surface area (Å²) in [5, 5.41) is 6.76. The average Bonchev–Trinajstić information content (AvgIpc) is 3.51. The van der Waals surface area contributed by atoms with Gasteiger partial charge in [-0.05, 0) is 57.2 Å². The molecule has 0 spiro atoms. The van der Waals surface area contributed by atoms with Crippen LogP contribution >= 0.6 is 0 Å². The molecule has 1 aromatic heterocycles. The van der Waals surface area contributed by atoms with Gasteiger partial charge < -0.3 is 20.3 Å². The topological polar surface area (TPSA) is 61.8 Å². The lowest BCUT2D eigenvalue weighted by Crippen LogP contribution is -2.42. The Morgan fingerprint density at radius 1 is 1.23 bits per heavy atom. The van der Waals surface area contributed by atoms with Gasteiger partial charge in [-0.3, -0.25) is 0 Å². The highest BCUT2D eigenvalue weighted by molar-refractivity contribution is 5.79. The number of hydrogen-bond donors (Lipinski definition) is 2. The first-order valence-electron chi connectivity index (χ1n) is 10.2. The number of piperidine rings is 1. The zero-order valence-electron chi connectivity index (χ0n) is 16.0. The molecule has 2 aliphatic rings. The molecule has 0 aromatic carbocycles. The van der Waals surface area contributed by atoms with Crippen LogP contribution in [-0.2, 0) is 6.54 Å². The molecule has 1 aromatic rings. The van der Waals surface area contributed by atoms with Gasteiger partial charge in [-0.2, -0.15) is 0 Å². The Hall–Kier alpha value is -1.82. The number of hydrogen-bond acceptors (Lipinski definition) is 4. The van der Waals surface area contributed by atoms with Crippen molar-refractivity contribution < 1.29 is 4.74 Å². The molecule has 1 aliphatic carbocycles. The fourth-order valence-electron chi connectivity index (χ4n) is 3.11. The predicted octanol–water partition coefficient (Wildman–Crippen LogP) is 2.41. The number of aromatic nitrogens is 1. The monoisotopic (exact) mass is 359 g/mol. The first-order chi connectivity index (χ1) is 12.8. The van der Waals surface area contributed by atoms with E-state index in [-0.39, 0.29) is 0 Å². The summed E-state index contributed by atoms with van der Waals surface area (Å²) in [5.74, 6) is 2.34. The van der Waals surface area contributed by atoms with E-state index in [9.17, 15) is 0 Å². The summed E-state index contributed by atoms with van der Waals surface area (Å²) in [7, 11) is 0. The number of guanidine groups is 1. The van der Waals surface area contributed by atoms with E-state index in [4.69, 9.17) is 4.74 Å². The van der Waals surface area contributed by atoms with Crippen molar-refractivity contribution in [2.75, 3.05) is 39.3 Å². The molecule has 6 nitrogen and oxygen atoms in total. The van der Waals surface area contributed by atoms with Crippen LogP contribution < -0.4 is 15.4 Å². The Labute approximate surface area is 157 Å². The highest BCUT2D eigenvalue weighted by Crippen LogP contribution is 2.29. The molecule has 1 saturated heterocycles. The van der Waals surface area contributed by atoms with E-state index in [0.29, 0.717) is 6.54 Å². The van der Waals surface area contributed by atoms with Gasteiger partial charge in [0.2, 0.25) is 5.88 Å². The van der Waals surface area contributed by atoms with Gasteiger partial charge in [0.15, 0.2) is 5.96 Å². The third-order valence-corrected chi connectivity index (χ3v) is 4.89. The van der Waals surface area contributed by atoms with Crippen LogP contribution in [0.25, 0.3) is 0 Å². The number of nitrogens with one attached hydrogen (secondary N) is 2. The molecule has 2 heterocycles. The van der Waals surface area contributed by atoms with Gasteiger partial charge >= 0.3 is 0 Å². The van der Waals surface area contributed by atoms with Crippen molar-refractivity contribution in [3.8, 4) is 5.88 Å². The predicted molar refractivity (Wildman–Crippen MR) is 106 cm³/mol. The van der Waals surface area contributed by atoms with E-state index < -0.39 is 0 Å². The molecule has 0 bridgehead atoms. The van der Waals surface area contributed by atoms with Crippen molar-refractivity contribution in [1.29, 1.82) is 0 Å². The first kappa shape index (κ1) is 19.0. The maximum absolute atomic E-state index is 5.68. The molecule has 26 heavy (non-hydrogen) atoms. The summed E-state index contributed by atoms with van der Waals surface area (Å²) in [6.07, 6.45) is 8.51. The largest absolute Gasteiger partial charge is 0.477 e. The van der Waals surface area contributed by atoms with Gasteiger partial charge in [-0.25, -0.2) is 9.98 Å². The third kappa shape index (κ3) is 6.83. The van der Waals surface area contributed by atoms with Crippen LogP contribution in [0, 0.1) is 5.92 Å². The molecule has 0 atom stereocenters. The second-order valence-corrected chi connectivity index (χ2v) is 7.28. The summed E-state index contributed by atoms with van der Waals surface area (Å²) >= 11 is 0. The Balaban J connectivity index is 1.41. The van der Waals surface area contributed by atoms with E-state index in [1.807, 2.05) is 12.3 Å². The molecule has 0 radical (unpaired) electrons. The highest BCUT2D eigenvalue weighted by atomic mass is 16.5. The molecule has 0 unspecified atom stereocenters. The van der Waals surface area contributed by atoms with Crippen LogP contribution in [0.2, 0.25) is 0 Å². The molecule has 3 rings (SSSR count). The number of likely N-dealkylation sites (tertiary alicyclic amines) is 1. The minimum Gasteiger partial charge on any atom is -0.477 e. The summed E-state index contributed by atoms with van der Waals surface area (Å²) in [6.45, 7) is 8.85. The second-order valence-electron chi connectivity index (χ2n) is 7.28. The minimum atomic E-state index is 0.620. The molecule has 1 aliphatic heterocycles. The second kappa shape index (κ2) is 10.4. The van der Waals surface area contributed by atoms with Gasteiger partial charge in [0.05, 0.1) is 13.2 Å². The smallest absolute Gasteiger partial charge is 0.213 e. The lowest BCUT2D eigenvalue weighted by Gasteiger charge is -2.26. The van der Waals surface area contributed by atoms with Crippen molar-refractivity contribution in [3.05, 3.63) is 23.9 Å². The van der Waals surface area contributed by atoms with Crippen LogP contribution in [0.4, 0.5) is 0 Å². The third-order valence-electron chi connectivity index (χ3n) is 4.89. The van der Waals surface area contributed by atoms with Crippen molar-refractivity contribution in [2.24, 2.45) is 10.9 Å². The number of pyridine rings is 1.